The van der Waals surface area contributed by atoms with Crippen LogP contribution in [0, 0.1) is 0 Å². The van der Waals surface area contributed by atoms with Crippen LogP contribution >= 0.6 is 0 Å². The summed E-state index contributed by atoms with van der Waals surface area (Å²) in [5, 5.41) is 0. The van der Waals surface area contributed by atoms with Crippen molar-refractivity contribution in [3.8, 4) is 22.3 Å². The normalized spacial score (nSPS) is 12.1. The van der Waals surface area contributed by atoms with Gasteiger partial charge in [-0.2, -0.15) is 0 Å². The van der Waals surface area contributed by atoms with Gasteiger partial charge in [0.15, 0.2) is 0 Å². The molecule has 12 rings (SSSR count). The molecule has 0 amide bonds. The molecule has 0 aromatic heterocycles. The third-order valence-electron chi connectivity index (χ3n) is 14.2. The first kappa shape index (κ1) is 44.8. The zero-order valence-corrected chi connectivity index (χ0v) is 41.0. The van der Waals surface area contributed by atoms with Crippen molar-refractivity contribution in [1.82, 2.24) is 0 Å². The minimum atomic E-state index is -0.100. The molecule has 0 N–H and O–H groups in total. The molecule has 73 heavy (non-hydrogen) atoms. The number of para-hydroxylation sites is 5. The van der Waals surface area contributed by atoms with Crippen molar-refractivity contribution in [3.63, 3.8) is 0 Å². The number of hydrogen-bond donors (Lipinski definition) is 0. The summed E-state index contributed by atoms with van der Waals surface area (Å²) in [5.74, 6) is 0. The minimum Gasteiger partial charge on any atom is -0.311 e. The maximum absolute atomic E-state index is 2.40. The van der Waals surface area contributed by atoms with E-state index in [9.17, 15) is 0 Å². The second kappa shape index (κ2) is 19.4. The first-order valence-corrected chi connectivity index (χ1v) is 25.1. The molecular weight excluding hydrogens is 885 g/mol. The molecule has 0 unspecified atom stereocenters. The van der Waals surface area contributed by atoms with E-state index in [-0.39, 0.29) is 5.41 Å². The number of rotatable bonds is 13. The molecule has 11 aromatic carbocycles. The van der Waals surface area contributed by atoms with E-state index >= 15 is 0 Å². The van der Waals surface area contributed by atoms with E-state index in [1.54, 1.807) is 0 Å². The lowest BCUT2D eigenvalue weighted by molar-refractivity contribution is 0.660. The average Bonchev–Trinajstić information content (AvgIpc) is 3.69. The standard InChI is InChI=1S/C69H54N4/c1-69(2)67-31-19-18-30-65(67)66-49-48-64(50-68(66)69)73(57-28-16-7-17-29-57)63-46-44-62(45-47-63)72(56-26-14-6-15-27-56)59-38-34-52(35-39-59)51-32-36-58(37-33-51)71(55-24-12-5-13-25-55)61-42-40-60(41-43-61)70(53-20-8-3-9-21-53)54-22-10-4-11-23-54/h3-50H,1-2H3. The zero-order valence-electron chi connectivity index (χ0n) is 41.0. The van der Waals surface area contributed by atoms with Crippen molar-refractivity contribution in [2.75, 3.05) is 19.6 Å². The van der Waals surface area contributed by atoms with Gasteiger partial charge in [-0.1, -0.05) is 159 Å². The summed E-state index contributed by atoms with van der Waals surface area (Å²) in [5.41, 5.74) is 20.7. The SMILES string of the molecule is CC1(C)c2ccccc2-c2ccc(N(c3ccccc3)c3ccc(N(c4ccccc4)c4ccc(-c5ccc(N(c6ccccc6)c6ccc(N(c7ccccc7)c7ccccc7)cc6)cc5)cc4)cc3)cc21. The topological polar surface area (TPSA) is 13.0 Å². The van der Waals surface area contributed by atoms with E-state index in [1.165, 1.54) is 22.3 Å². The monoisotopic (exact) mass is 938 g/mol. The predicted octanol–water partition coefficient (Wildman–Crippen LogP) is 19.5. The molecule has 1 aliphatic rings. The Balaban J connectivity index is 0.832. The first-order chi connectivity index (χ1) is 36.0. The summed E-state index contributed by atoms with van der Waals surface area (Å²) < 4.78 is 0. The molecule has 0 fully saturated rings. The van der Waals surface area contributed by atoms with Crippen LogP contribution in [0.2, 0.25) is 0 Å². The summed E-state index contributed by atoms with van der Waals surface area (Å²) in [6, 6.07) is 105. The van der Waals surface area contributed by atoms with Crippen molar-refractivity contribution < 1.29 is 0 Å². The van der Waals surface area contributed by atoms with Crippen molar-refractivity contribution >= 4 is 68.2 Å². The number of benzene rings is 11. The van der Waals surface area contributed by atoms with E-state index in [0.29, 0.717) is 0 Å². The highest BCUT2D eigenvalue weighted by Gasteiger charge is 2.35. The van der Waals surface area contributed by atoms with Gasteiger partial charge in [0.25, 0.3) is 0 Å². The van der Waals surface area contributed by atoms with E-state index in [4.69, 9.17) is 0 Å². The average molecular weight is 939 g/mol. The molecular formula is C69H54N4. The van der Waals surface area contributed by atoms with Crippen LogP contribution in [-0.2, 0) is 5.41 Å². The summed E-state index contributed by atoms with van der Waals surface area (Å²) >= 11 is 0. The van der Waals surface area contributed by atoms with Gasteiger partial charge in [-0.15, -0.1) is 0 Å². The van der Waals surface area contributed by atoms with Gasteiger partial charge in [-0.25, -0.2) is 0 Å². The number of nitrogens with zero attached hydrogens (tertiary/aromatic N) is 4. The summed E-state index contributed by atoms with van der Waals surface area (Å²) in [7, 11) is 0. The van der Waals surface area contributed by atoms with Gasteiger partial charge in [0, 0.05) is 73.7 Å². The van der Waals surface area contributed by atoms with Gasteiger partial charge in [-0.3, -0.25) is 0 Å². The van der Waals surface area contributed by atoms with Gasteiger partial charge < -0.3 is 19.6 Å². The smallest absolute Gasteiger partial charge is 0.0465 e. The Morgan fingerprint density at radius 1 is 0.205 bits per heavy atom. The molecule has 1 aliphatic carbocycles. The lowest BCUT2D eigenvalue weighted by Gasteiger charge is -2.29. The maximum Gasteiger partial charge on any atom is 0.0465 e. The Morgan fingerprint density at radius 3 is 0.767 bits per heavy atom. The Hall–Kier alpha value is -9.38. The van der Waals surface area contributed by atoms with Crippen LogP contribution in [0.3, 0.4) is 0 Å². The van der Waals surface area contributed by atoms with E-state index < -0.39 is 0 Å². The molecule has 0 saturated carbocycles. The number of hydrogen-bond acceptors (Lipinski definition) is 4. The van der Waals surface area contributed by atoms with Crippen LogP contribution in [0.1, 0.15) is 25.0 Å². The molecule has 0 aliphatic heterocycles. The Kier molecular flexibility index (Phi) is 11.9. The van der Waals surface area contributed by atoms with Crippen molar-refractivity contribution in [1.29, 1.82) is 0 Å². The van der Waals surface area contributed by atoms with Crippen molar-refractivity contribution in [2.24, 2.45) is 0 Å². The van der Waals surface area contributed by atoms with Crippen LogP contribution in [0.4, 0.5) is 68.2 Å². The fourth-order valence-corrected chi connectivity index (χ4v) is 10.6. The van der Waals surface area contributed by atoms with Crippen LogP contribution in [0.25, 0.3) is 22.3 Å². The van der Waals surface area contributed by atoms with E-state index in [1.807, 2.05) is 0 Å². The fourth-order valence-electron chi connectivity index (χ4n) is 10.6. The fraction of sp³-hybridized carbons (Fsp3) is 0.0435. The summed E-state index contributed by atoms with van der Waals surface area (Å²) in [4.78, 5) is 9.32. The largest absolute Gasteiger partial charge is 0.311 e. The lowest BCUT2D eigenvalue weighted by Crippen LogP contribution is -2.16. The molecule has 4 nitrogen and oxygen atoms in total. The number of anilines is 12. The molecule has 0 atom stereocenters. The molecule has 350 valence electrons. The van der Waals surface area contributed by atoms with Crippen LogP contribution in [0.15, 0.2) is 291 Å². The zero-order chi connectivity index (χ0) is 49.1. The molecule has 4 heteroatoms. The second-order valence-electron chi connectivity index (χ2n) is 19.0. The Morgan fingerprint density at radius 2 is 0.438 bits per heavy atom. The maximum atomic E-state index is 2.40. The Labute approximate surface area is 429 Å². The predicted molar refractivity (Wildman–Crippen MR) is 308 cm³/mol. The van der Waals surface area contributed by atoms with Gasteiger partial charge in [0.1, 0.15) is 0 Å². The number of fused-ring (bicyclic) bond motifs is 3. The third kappa shape index (κ3) is 8.70. The third-order valence-corrected chi connectivity index (χ3v) is 14.2. The van der Waals surface area contributed by atoms with Gasteiger partial charge in [0.2, 0.25) is 0 Å². The van der Waals surface area contributed by atoms with E-state index in [2.05, 4.69) is 325 Å². The highest BCUT2D eigenvalue weighted by Crippen LogP contribution is 2.51. The lowest BCUT2D eigenvalue weighted by atomic mass is 9.82. The Bertz CT molecular complexity index is 3560. The summed E-state index contributed by atoms with van der Waals surface area (Å²) in [6.07, 6.45) is 0. The second-order valence-corrected chi connectivity index (χ2v) is 19.0. The van der Waals surface area contributed by atoms with Crippen molar-refractivity contribution in [3.05, 3.63) is 302 Å². The molecule has 11 aromatic rings. The quantitative estimate of drug-likeness (QED) is 0.114. The van der Waals surface area contributed by atoms with Crippen molar-refractivity contribution in [2.45, 2.75) is 19.3 Å². The first-order valence-electron chi connectivity index (χ1n) is 25.1. The minimum absolute atomic E-state index is 0.100. The highest BCUT2D eigenvalue weighted by atomic mass is 15.2. The molecule has 0 spiro atoms. The molecule has 0 heterocycles. The van der Waals surface area contributed by atoms with E-state index in [0.717, 1.165) is 79.4 Å². The van der Waals surface area contributed by atoms with Crippen LogP contribution in [0.5, 0.6) is 0 Å². The van der Waals surface area contributed by atoms with Crippen LogP contribution in [-0.4, -0.2) is 0 Å². The summed E-state index contributed by atoms with van der Waals surface area (Å²) in [6.45, 7) is 4.69. The highest BCUT2D eigenvalue weighted by molar-refractivity contribution is 5.87. The van der Waals surface area contributed by atoms with Gasteiger partial charge in [-0.05, 0) is 179 Å². The molecule has 0 bridgehead atoms. The van der Waals surface area contributed by atoms with Gasteiger partial charge in [0.05, 0.1) is 0 Å². The molecule has 0 saturated heterocycles. The van der Waals surface area contributed by atoms with Gasteiger partial charge >= 0.3 is 0 Å². The molecule has 0 radical (unpaired) electrons. The van der Waals surface area contributed by atoms with Crippen LogP contribution < -0.4 is 19.6 Å².